The van der Waals surface area contributed by atoms with Gasteiger partial charge in [0.05, 0.1) is 17.8 Å². The molecular formula is C20H19F4N5O2. The minimum absolute atomic E-state index is 0.0254. The van der Waals surface area contributed by atoms with Crippen molar-refractivity contribution in [3.8, 4) is 0 Å². The molecule has 7 nitrogen and oxygen atoms in total. The van der Waals surface area contributed by atoms with E-state index in [2.05, 4.69) is 15.1 Å². The van der Waals surface area contributed by atoms with Crippen LogP contribution in [0.1, 0.15) is 28.3 Å². The maximum Gasteiger partial charge on any atom is 0.408 e. The van der Waals surface area contributed by atoms with Crippen LogP contribution in [0.3, 0.4) is 0 Å². The average molecular weight is 437 g/mol. The van der Waals surface area contributed by atoms with Crippen molar-refractivity contribution in [3.63, 3.8) is 0 Å². The SMILES string of the molecule is O=C(c1cc2c(cn1)c(Cc1cccc(F)n1)nn2CC(F)(F)F)N1CCCOCC1. The lowest BCUT2D eigenvalue weighted by atomic mass is 10.1. The molecule has 11 heteroatoms. The number of pyridine rings is 2. The molecule has 0 saturated carbocycles. The second-order valence-electron chi connectivity index (χ2n) is 7.19. The van der Waals surface area contributed by atoms with Crippen LogP contribution in [0.4, 0.5) is 17.6 Å². The molecule has 1 aliphatic rings. The summed E-state index contributed by atoms with van der Waals surface area (Å²) in [6, 6.07) is 5.53. The van der Waals surface area contributed by atoms with Crippen LogP contribution in [-0.2, 0) is 17.7 Å². The van der Waals surface area contributed by atoms with E-state index in [0.717, 1.165) is 4.68 Å². The molecular weight excluding hydrogens is 418 g/mol. The zero-order chi connectivity index (χ0) is 22.0. The number of nitrogens with zero attached hydrogens (tertiary/aromatic N) is 5. The van der Waals surface area contributed by atoms with Gasteiger partial charge in [-0.05, 0) is 24.6 Å². The number of amides is 1. The first-order chi connectivity index (χ1) is 14.8. The predicted octanol–water partition coefficient (Wildman–Crippen LogP) is 2.98. The van der Waals surface area contributed by atoms with Gasteiger partial charge >= 0.3 is 6.18 Å². The zero-order valence-electron chi connectivity index (χ0n) is 16.4. The van der Waals surface area contributed by atoms with Crippen molar-refractivity contribution in [2.45, 2.75) is 25.6 Å². The molecule has 1 saturated heterocycles. The predicted molar refractivity (Wildman–Crippen MR) is 102 cm³/mol. The van der Waals surface area contributed by atoms with E-state index in [4.69, 9.17) is 4.74 Å². The van der Waals surface area contributed by atoms with Gasteiger partial charge in [-0.15, -0.1) is 0 Å². The summed E-state index contributed by atoms with van der Waals surface area (Å²) in [6.07, 6.45) is -2.48. The first-order valence-electron chi connectivity index (χ1n) is 9.71. The fourth-order valence-electron chi connectivity index (χ4n) is 3.50. The number of hydrogen-bond donors (Lipinski definition) is 0. The summed E-state index contributed by atoms with van der Waals surface area (Å²) in [7, 11) is 0. The van der Waals surface area contributed by atoms with E-state index in [-0.39, 0.29) is 29.2 Å². The third kappa shape index (κ3) is 4.98. The molecule has 0 aromatic carbocycles. The molecule has 0 atom stereocenters. The molecule has 31 heavy (non-hydrogen) atoms. The van der Waals surface area contributed by atoms with Crippen molar-refractivity contribution < 1.29 is 27.1 Å². The minimum Gasteiger partial charge on any atom is -0.380 e. The largest absolute Gasteiger partial charge is 0.408 e. The summed E-state index contributed by atoms with van der Waals surface area (Å²) >= 11 is 0. The van der Waals surface area contributed by atoms with Crippen LogP contribution in [0, 0.1) is 5.95 Å². The molecule has 0 spiro atoms. The molecule has 1 amide bonds. The van der Waals surface area contributed by atoms with Crippen LogP contribution >= 0.6 is 0 Å². The third-order valence-corrected chi connectivity index (χ3v) is 4.89. The van der Waals surface area contributed by atoms with Crippen LogP contribution in [0.15, 0.2) is 30.5 Å². The van der Waals surface area contributed by atoms with Gasteiger partial charge in [0.2, 0.25) is 5.95 Å². The molecule has 0 N–H and O–H groups in total. The quantitative estimate of drug-likeness (QED) is 0.464. The number of hydrogen-bond acceptors (Lipinski definition) is 5. The lowest BCUT2D eigenvalue weighted by Gasteiger charge is -2.19. The molecule has 0 radical (unpaired) electrons. The molecule has 1 fully saturated rings. The smallest absolute Gasteiger partial charge is 0.380 e. The maximum atomic E-state index is 13.4. The van der Waals surface area contributed by atoms with E-state index in [0.29, 0.717) is 43.8 Å². The van der Waals surface area contributed by atoms with Gasteiger partial charge < -0.3 is 9.64 Å². The number of fused-ring (bicyclic) bond motifs is 1. The number of ether oxygens (including phenoxy) is 1. The van der Waals surface area contributed by atoms with Gasteiger partial charge in [0, 0.05) is 43.4 Å². The minimum atomic E-state index is -4.51. The van der Waals surface area contributed by atoms with Gasteiger partial charge in [0.1, 0.15) is 12.2 Å². The van der Waals surface area contributed by atoms with Crippen LogP contribution in [0.25, 0.3) is 10.9 Å². The maximum absolute atomic E-state index is 13.4. The number of carbonyl (C=O) groups is 1. The van der Waals surface area contributed by atoms with Crippen molar-refractivity contribution in [2.24, 2.45) is 0 Å². The van der Waals surface area contributed by atoms with Crippen LogP contribution in [0.2, 0.25) is 0 Å². The highest BCUT2D eigenvalue weighted by atomic mass is 19.4. The Morgan fingerprint density at radius 1 is 1.19 bits per heavy atom. The van der Waals surface area contributed by atoms with Gasteiger partial charge in [0.15, 0.2) is 0 Å². The Morgan fingerprint density at radius 2 is 2.03 bits per heavy atom. The lowest BCUT2D eigenvalue weighted by Crippen LogP contribution is -2.33. The number of rotatable bonds is 4. The van der Waals surface area contributed by atoms with Crippen molar-refractivity contribution in [2.75, 3.05) is 26.3 Å². The second kappa shape index (κ2) is 8.58. The van der Waals surface area contributed by atoms with Gasteiger partial charge in [0.25, 0.3) is 5.91 Å². The summed E-state index contributed by atoms with van der Waals surface area (Å²) in [4.78, 5) is 22.3. The highest BCUT2D eigenvalue weighted by molar-refractivity contribution is 5.96. The monoisotopic (exact) mass is 437 g/mol. The summed E-state index contributed by atoms with van der Waals surface area (Å²) < 4.78 is 58.9. The molecule has 1 aliphatic heterocycles. The van der Waals surface area contributed by atoms with E-state index in [9.17, 15) is 22.4 Å². The summed E-state index contributed by atoms with van der Waals surface area (Å²) in [5, 5.41) is 4.43. The molecule has 3 aromatic heterocycles. The van der Waals surface area contributed by atoms with Gasteiger partial charge in [-0.1, -0.05) is 6.07 Å². The molecule has 0 bridgehead atoms. The van der Waals surface area contributed by atoms with E-state index in [1.807, 2.05) is 0 Å². The Bertz CT molecular complexity index is 1090. The Hall–Kier alpha value is -3.08. The molecule has 164 valence electrons. The highest BCUT2D eigenvalue weighted by Gasteiger charge is 2.30. The van der Waals surface area contributed by atoms with E-state index in [1.165, 1.54) is 24.4 Å². The van der Waals surface area contributed by atoms with Gasteiger partial charge in [-0.2, -0.15) is 22.7 Å². The molecule has 4 heterocycles. The Labute approximate surface area is 174 Å². The van der Waals surface area contributed by atoms with Gasteiger partial charge in [-0.25, -0.2) is 4.98 Å². The first-order valence-corrected chi connectivity index (χ1v) is 9.71. The second-order valence-corrected chi connectivity index (χ2v) is 7.19. The number of alkyl halides is 3. The topological polar surface area (TPSA) is 73.1 Å². The van der Waals surface area contributed by atoms with E-state index < -0.39 is 18.7 Å². The number of aromatic nitrogens is 4. The molecule has 0 unspecified atom stereocenters. The highest BCUT2D eigenvalue weighted by Crippen LogP contribution is 2.25. The van der Waals surface area contributed by atoms with Crippen LogP contribution in [0.5, 0.6) is 0 Å². The zero-order valence-corrected chi connectivity index (χ0v) is 16.4. The Kier molecular flexibility index (Phi) is 5.86. The van der Waals surface area contributed by atoms with Crippen molar-refractivity contribution in [3.05, 3.63) is 53.5 Å². The Morgan fingerprint density at radius 3 is 2.81 bits per heavy atom. The van der Waals surface area contributed by atoms with E-state index >= 15 is 0 Å². The van der Waals surface area contributed by atoms with Crippen molar-refractivity contribution >= 4 is 16.8 Å². The van der Waals surface area contributed by atoms with Crippen LogP contribution in [-0.4, -0.2) is 63.0 Å². The fraction of sp³-hybridized carbons (Fsp3) is 0.400. The van der Waals surface area contributed by atoms with Crippen molar-refractivity contribution in [1.82, 2.24) is 24.6 Å². The first kappa shape index (κ1) is 21.2. The number of carbonyl (C=O) groups excluding carboxylic acids is 1. The van der Waals surface area contributed by atoms with Gasteiger partial charge in [-0.3, -0.25) is 14.5 Å². The third-order valence-electron chi connectivity index (χ3n) is 4.89. The van der Waals surface area contributed by atoms with Crippen molar-refractivity contribution in [1.29, 1.82) is 0 Å². The summed E-state index contributed by atoms with van der Waals surface area (Å²) in [6.45, 7) is 0.486. The molecule has 0 aliphatic carbocycles. The normalized spacial score (nSPS) is 15.3. The van der Waals surface area contributed by atoms with Crippen LogP contribution < -0.4 is 0 Å². The standard InChI is InChI=1S/C20H19F4N5O2/c21-18-4-1-3-13(26-18)9-15-14-11-25-16(19(30)28-5-2-7-31-8-6-28)10-17(14)29(27-15)12-20(22,23)24/h1,3-4,10-11H,2,5-9,12H2. The molecule has 4 rings (SSSR count). The average Bonchev–Trinajstić information content (AvgIpc) is 2.89. The number of halogens is 4. The Balaban J connectivity index is 1.72. The van der Waals surface area contributed by atoms with E-state index in [1.54, 1.807) is 11.0 Å². The molecule has 3 aromatic rings. The fourth-order valence-corrected chi connectivity index (χ4v) is 3.50. The lowest BCUT2D eigenvalue weighted by molar-refractivity contribution is -0.141. The summed E-state index contributed by atoms with van der Waals surface area (Å²) in [5.74, 6) is -1.07. The summed E-state index contributed by atoms with van der Waals surface area (Å²) in [5.41, 5.74) is 0.761.